The van der Waals surface area contributed by atoms with E-state index >= 15 is 0 Å². The Morgan fingerprint density at radius 1 is 1.00 bits per heavy atom. The molecule has 0 fully saturated rings. The number of pyridine rings is 1. The number of halogens is 3. The van der Waals surface area contributed by atoms with Gasteiger partial charge in [0, 0.05) is 11.9 Å². The van der Waals surface area contributed by atoms with Gasteiger partial charge in [0.2, 0.25) is 0 Å². The predicted molar refractivity (Wildman–Crippen MR) is 96.9 cm³/mol. The lowest BCUT2D eigenvalue weighted by Crippen LogP contribution is -2.04. The second-order valence-electron chi connectivity index (χ2n) is 5.98. The quantitative estimate of drug-likeness (QED) is 0.554. The van der Waals surface area contributed by atoms with E-state index in [1.165, 1.54) is 24.5 Å². The zero-order valence-electron chi connectivity index (χ0n) is 14.4. The highest BCUT2D eigenvalue weighted by Crippen LogP contribution is 2.30. The first kappa shape index (κ1) is 17.9. The zero-order chi connectivity index (χ0) is 19.7. The standard InChI is InChI=1S/C19H14F3N5O/c20-19(21,22)12-4-6-13(7-5-12)24-16-10-23-9-14(25-16)18-15(11-28)26-17-3-1-2-8-27(17)18/h1-10,28H,11H2,(H,24,25). The lowest BCUT2D eigenvalue weighted by molar-refractivity contribution is -0.137. The van der Waals surface area contributed by atoms with Crippen LogP contribution in [0.2, 0.25) is 0 Å². The summed E-state index contributed by atoms with van der Waals surface area (Å²) in [4.78, 5) is 13.0. The number of aliphatic hydroxyl groups excluding tert-OH is 1. The van der Waals surface area contributed by atoms with Crippen molar-refractivity contribution in [3.05, 3.63) is 72.3 Å². The average molecular weight is 385 g/mol. The SMILES string of the molecule is OCc1nc2ccccn2c1-c1cncc(Nc2ccc(C(F)(F)F)cc2)n1. The van der Waals surface area contributed by atoms with E-state index in [4.69, 9.17) is 0 Å². The number of imidazole rings is 1. The summed E-state index contributed by atoms with van der Waals surface area (Å²) in [6, 6.07) is 10.1. The van der Waals surface area contributed by atoms with Crippen LogP contribution in [-0.2, 0) is 12.8 Å². The Kier molecular flexibility index (Phi) is 4.44. The summed E-state index contributed by atoms with van der Waals surface area (Å²) in [5.74, 6) is 0.354. The molecule has 9 heteroatoms. The van der Waals surface area contributed by atoms with Crippen molar-refractivity contribution in [2.75, 3.05) is 5.32 Å². The van der Waals surface area contributed by atoms with Crippen LogP contribution in [-0.4, -0.2) is 24.5 Å². The molecule has 142 valence electrons. The molecule has 3 aromatic heterocycles. The molecular weight excluding hydrogens is 371 g/mol. The molecule has 0 saturated carbocycles. The fourth-order valence-corrected chi connectivity index (χ4v) is 2.86. The number of anilines is 2. The van der Waals surface area contributed by atoms with Crippen molar-refractivity contribution in [2.45, 2.75) is 12.8 Å². The van der Waals surface area contributed by atoms with E-state index in [0.29, 0.717) is 34.2 Å². The second kappa shape index (κ2) is 6.93. The molecule has 0 aliphatic rings. The summed E-state index contributed by atoms with van der Waals surface area (Å²) in [5.41, 5.74) is 1.90. The molecule has 28 heavy (non-hydrogen) atoms. The van der Waals surface area contributed by atoms with E-state index < -0.39 is 11.7 Å². The van der Waals surface area contributed by atoms with Crippen molar-refractivity contribution in [3.63, 3.8) is 0 Å². The van der Waals surface area contributed by atoms with Crippen molar-refractivity contribution >= 4 is 17.2 Å². The van der Waals surface area contributed by atoms with Crippen molar-refractivity contribution in [1.82, 2.24) is 19.4 Å². The van der Waals surface area contributed by atoms with Gasteiger partial charge in [-0.3, -0.25) is 9.38 Å². The number of aliphatic hydroxyl groups is 1. The van der Waals surface area contributed by atoms with Gasteiger partial charge >= 0.3 is 6.18 Å². The van der Waals surface area contributed by atoms with Gasteiger partial charge in [-0.15, -0.1) is 0 Å². The molecular formula is C19H14F3N5O. The average Bonchev–Trinajstić information content (AvgIpc) is 3.06. The van der Waals surface area contributed by atoms with Crippen LogP contribution in [0, 0.1) is 0 Å². The number of fused-ring (bicyclic) bond motifs is 1. The van der Waals surface area contributed by atoms with Gasteiger partial charge in [-0.05, 0) is 36.4 Å². The summed E-state index contributed by atoms with van der Waals surface area (Å²) in [5, 5.41) is 12.6. The number of hydrogen-bond acceptors (Lipinski definition) is 5. The molecule has 4 rings (SSSR count). The van der Waals surface area contributed by atoms with Crippen molar-refractivity contribution < 1.29 is 18.3 Å². The molecule has 4 aromatic rings. The Bertz CT molecular complexity index is 1120. The number of nitrogens with zero attached hydrogens (tertiary/aromatic N) is 4. The minimum absolute atomic E-state index is 0.269. The van der Waals surface area contributed by atoms with Crippen molar-refractivity contribution in [2.24, 2.45) is 0 Å². The summed E-state index contributed by atoms with van der Waals surface area (Å²) >= 11 is 0. The summed E-state index contributed by atoms with van der Waals surface area (Å²) in [6.07, 6.45) is 0.410. The maximum Gasteiger partial charge on any atom is 0.416 e. The Morgan fingerprint density at radius 3 is 2.50 bits per heavy atom. The molecule has 1 aromatic carbocycles. The lowest BCUT2D eigenvalue weighted by Gasteiger charge is -2.10. The highest BCUT2D eigenvalue weighted by Gasteiger charge is 2.29. The molecule has 0 bridgehead atoms. The maximum absolute atomic E-state index is 12.7. The summed E-state index contributed by atoms with van der Waals surface area (Å²) in [6.45, 7) is -0.269. The van der Waals surface area contributed by atoms with Crippen LogP contribution in [0.5, 0.6) is 0 Å². The van der Waals surface area contributed by atoms with Gasteiger partial charge in [0.1, 0.15) is 17.2 Å². The first-order valence-corrected chi connectivity index (χ1v) is 8.29. The minimum atomic E-state index is -4.39. The summed E-state index contributed by atoms with van der Waals surface area (Å²) in [7, 11) is 0. The topological polar surface area (TPSA) is 75.3 Å². The molecule has 0 spiro atoms. The minimum Gasteiger partial charge on any atom is -0.390 e. The van der Waals surface area contributed by atoms with Gasteiger partial charge in [0.05, 0.1) is 36.0 Å². The fraction of sp³-hybridized carbons (Fsp3) is 0.105. The molecule has 0 unspecified atom stereocenters. The molecule has 0 amide bonds. The van der Waals surface area contributed by atoms with Gasteiger partial charge in [0.15, 0.2) is 0 Å². The highest BCUT2D eigenvalue weighted by atomic mass is 19.4. The molecule has 0 radical (unpaired) electrons. The van der Waals surface area contributed by atoms with E-state index in [9.17, 15) is 18.3 Å². The molecule has 6 nitrogen and oxygen atoms in total. The van der Waals surface area contributed by atoms with Crippen LogP contribution in [0.15, 0.2) is 61.1 Å². The number of rotatable bonds is 4. The lowest BCUT2D eigenvalue weighted by atomic mass is 10.2. The Morgan fingerprint density at radius 2 is 1.79 bits per heavy atom. The van der Waals surface area contributed by atoms with E-state index in [2.05, 4.69) is 20.3 Å². The van der Waals surface area contributed by atoms with Crippen LogP contribution in [0.4, 0.5) is 24.7 Å². The smallest absolute Gasteiger partial charge is 0.390 e. The van der Waals surface area contributed by atoms with E-state index in [0.717, 1.165) is 12.1 Å². The van der Waals surface area contributed by atoms with Gasteiger partial charge in [-0.25, -0.2) is 9.97 Å². The van der Waals surface area contributed by atoms with Crippen LogP contribution < -0.4 is 5.32 Å². The number of alkyl halides is 3. The number of nitrogens with one attached hydrogen (secondary N) is 1. The Balaban J connectivity index is 1.68. The first-order valence-electron chi connectivity index (χ1n) is 8.29. The second-order valence-corrected chi connectivity index (χ2v) is 5.98. The zero-order valence-corrected chi connectivity index (χ0v) is 14.4. The molecule has 0 atom stereocenters. The van der Waals surface area contributed by atoms with E-state index in [1.54, 1.807) is 16.7 Å². The predicted octanol–water partition coefficient (Wildman–Crippen LogP) is 4.05. The van der Waals surface area contributed by atoms with Crippen LogP contribution in [0.25, 0.3) is 17.0 Å². The molecule has 3 heterocycles. The number of aromatic nitrogens is 4. The first-order chi connectivity index (χ1) is 13.5. The van der Waals surface area contributed by atoms with Crippen LogP contribution in [0.3, 0.4) is 0 Å². The maximum atomic E-state index is 12.7. The van der Waals surface area contributed by atoms with Crippen molar-refractivity contribution in [1.29, 1.82) is 0 Å². The van der Waals surface area contributed by atoms with Crippen LogP contribution in [0.1, 0.15) is 11.3 Å². The van der Waals surface area contributed by atoms with Crippen molar-refractivity contribution in [3.8, 4) is 11.4 Å². The van der Waals surface area contributed by atoms with E-state index in [1.807, 2.05) is 12.1 Å². The van der Waals surface area contributed by atoms with Crippen LogP contribution >= 0.6 is 0 Å². The van der Waals surface area contributed by atoms with Gasteiger partial charge in [-0.2, -0.15) is 13.2 Å². The molecule has 2 N–H and O–H groups in total. The highest BCUT2D eigenvalue weighted by molar-refractivity contribution is 5.66. The fourth-order valence-electron chi connectivity index (χ4n) is 2.86. The Hall–Kier alpha value is -3.46. The largest absolute Gasteiger partial charge is 0.416 e. The molecule has 0 aliphatic carbocycles. The van der Waals surface area contributed by atoms with Gasteiger partial charge < -0.3 is 10.4 Å². The molecule has 0 saturated heterocycles. The molecule has 0 aliphatic heterocycles. The third-order valence-corrected chi connectivity index (χ3v) is 4.11. The Labute approximate surface area is 157 Å². The third kappa shape index (κ3) is 3.39. The van der Waals surface area contributed by atoms with Gasteiger partial charge in [-0.1, -0.05) is 6.07 Å². The number of benzene rings is 1. The monoisotopic (exact) mass is 385 g/mol. The third-order valence-electron chi connectivity index (χ3n) is 4.11. The summed E-state index contributed by atoms with van der Waals surface area (Å²) < 4.78 is 39.8. The van der Waals surface area contributed by atoms with E-state index in [-0.39, 0.29) is 6.61 Å². The number of hydrogen-bond donors (Lipinski definition) is 2. The normalized spacial score (nSPS) is 11.7. The van der Waals surface area contributed by atoms with Gasteiger partial charge in [0.25, 0.3) is 0 Å².